The van der Waals surface area contributed by atoms with Crippen LogP contribution in [0.4, 0.5) is 13.2 Å². The van der Waals surface area contributed by atoms with Gasteiger partial charge in [-0.2, -0.15) is 13.2 Å². The Hall–Kier alpha value is -3.33. The molecule has 0 atom stereocenters. The SMILES string of the molecule is CCc1sc(-c2ccc(C(F)(F)F)cc2)nc1CCOc1ccc2[nH]cc(CC(=O)O)c2c1. The summed E-state index contributed by atoms with van der Waals surface area (Å²) in [5, 5.41) is 10.6. The van der Waals surface area contributed by atoms with E-state index in [0.717, 1.165) is 40.0 Å². The largest absolute Gasteiger partial charge is 0.493 e. The number of thiazole rings is 1. The molecule has 0 aliphatic rings. The van der Waals surface area contributed by atoms with Crippen molar-refractivity contribution in [3.8, 4) is 16.3 Å². The molecule has 5 nitrogen and oxygen atoms in total. The number of aromatic nitrogens is 2. The summed E-state index contributed by atoms with van der Waals surface area (Å²) >= 11 is 1.48. The standard InChI is InChI=1S/C24H21F3N2O3S/c1-2-21-20(29-23(33-21)14-3-5-16(6-4-14)24(25,26)27)9-10-32-17-7-8-19-18(12-17)15(13-28-19)11-22(30)31/h3-8,12-13,28H,2,9-11H2,1H3,(H,30,31). The molecule has 0 fully saturated rings. The fourth-order valence-corrected chi connectivity index (χ4v) is 4.66. The minimum atomic E-state index is -4.36. The number of H-pyrrole nitrogens is 1. The Kier molecular flexibility index (Phi) is 6.42. The van der Waals surface area contributed by atoms with Crippen LogP contribution in [0.25, 0.3) is 21.5 Å². The van der Waals surface area contributed by atoms with Crippen LogP contribution < -0.4 is 4.74 Å². The zero-order valence-electron chi connectivity index (χ0n) is 17.7. The van der Waals surface area contributed by atoms with Crippen molar-refractivity contribution in [3.05, 3.63) is 70.4 Å². The van der Waals surface area contributed by atoms with Crippen LogP contribution in [-0.2, 0) is 30.2 Å². The summed E-state index contributed by atoms with van der Waals surface area (Å²) in [7, 11) is 0. The Bertz CT molecular complexity index is 1280. The van der Waals surface area contributed by atoms with Crippen molar-refractivity contribution >= 4 is 28.2 Å². The average Bonchev–Trinajstić information content (AvgIpc) is 3.37. The molecule has 2 N–H and O–H groups in total. The number of halogens is 3. The number of nitrogens with zero attached hydrogens (tertiary/aromatic N) is 1. The van der Waals surface area contributed by atoms with Crippen LogP contribution in [0.15, 0.2) is 48.7 Å². The Morgan fingerprint density at radius 1 is 1.18 bits per heavy atom. The average molecular weight is 475 g/mol. The predicted octanol–water partition coefficient (Wildman–Crippen LogP) is 6.12. The van der Waals surface area contributed by atoms with Crippen molar-refractivity contribution in [2.45, 2.75) is 32.4 Å². The lowest BCUT2D eigenvalue weighted by molar-refractivity contribution is -0.138. The van der Waals surface area contributed by atoms with E-state index in [9.17, 15) is 18.0 Å². The first-order chi connectivity index (χ1) is 15.7. The quantitative estimate of drug-likeness (QED) is 0.323. The second-order valence-electron chi connectivity index (χ2n) is 7.51. The van der Waals surface area contributed by atoms with Crippen LogP contribution in [0, 0.1) is 0 Å². The van der Waals surface area contributed by atoms with Crippen molar-refractivity contribution in [3.63, 3.8) is 0 Å². The van der Waals surface area contributed by atoms with E-state index in [1.807, 2.05) is 25.1 Å². The second kappa shape index (κ2) is 9.27. The van der Waals surface area contributed by atoms with Crippen LogP contribution in [-0.4, -0.2) is 27.7 Å². The summed E-state index contributed by atoms with van der Waals surface area (Å²) in [5.41, 5.74) is 2.37. The number of carbonyl (C=O) groups is 1. The van der Waals surface area contributed by atoms with E-state index in [1.165, 1.54) is 23.5 Å². The van der Waals surface area contributed by atoms with Crippen molar-refractivity contribution in [1.29, 1.82) is 0 Å². The number of hydrogen-bond donors (Lipinski definition) is 2. The van der Waals surface area contributed by atoms with Gasteiger partial charge in [0.15, 0.2) is 0 Å². The molecule has 172 valence electrons. The molecule has 0 radical (unpaired) electrons. The second-order valence-corrected chi connectivity index (χ2v) is 8.59. The molecule has 0 spiro atoms. The van der Waals surface area contributed by atoms with Gasteiger partial charge in [0.1, 0.15) is 10.8 Å². The molecular weight excluding hydrogens is 453 g/mol. The molecule has 0 aliphatic carbocycles. The number of aryl methyl sites for hydroxylation is 1. The van der Waals surface area contributed by atoms with Crippen molar-refractivity contribution in [2.75, 3.05) is 6.61 Å². The van der Waals surface area contributed by atoms with Crippen molar-refractivity contribution < 1.29 is 27.8 Å². The number of carboxylic acid groups (broad SMARTS) is 1. The maximum absolute atomic E-state index is 12.8. The smallest absolute Gasteiger partial charge is 0.416 e. The first-order valence-corrected chi connectivity index (χ1v) is 11.2. The highest BCUT2D eigenvalue weighted by Crippen LogP contribution is 2.33. The van der Waals surface area contributed by atoms with E-state index in [-0.39, 0.29) is 6.42 Å². The highest BCUT2D eigenvalue weighted by atomic mass is 32.1. The predicted molar refractivity (Wildman–Crippen MR) is 121 cm³/mol. The fourth-order valence-electron chi connectivity index (χ4n) is 3.60. The van der Waals surface area contributed by atoms with Gasteiger partial charge in [0.25, 0.3) is 0 Å². The van der Waals surface area contributed by atoms with Crippen LogP contribution >= 0.6 is 11.3 Å². The number of hydrogen-bond acceptors (Lipinski definition) is 4. The van der Waals surface area contributed by atoms with Gasteiger partial charge in [0.05, 0.1) is 24.3 Å². The third kappa shape index (κ3) is 5.19. The number of ether oxygens (including phenoxy) is 1. The molecule has 4 aromatic rings. The minimum Gasteiger partial charge on any atom is -0.493 e. The fraction of sp³-hybridized carbons (Fsp3) is 0.250. The van der Waals surface area contributed by atoms with Crippen LogP contribution in [0.2, 0.25) is 0 Å². The van der Waals surface area contributed by atoms with Crippen LogP contribution in [0.5, 0.6) is 5.75 Å². The number of benzene rings is 2. The van der Waals surface area contributed by atoms with Gasteiger partial charge in [0, 0.05) is 34.0 Å². The molecule has 0 unspecified atom stereocenters. The lowest BCUT2D eigenvalue weighted by atomic mass is 10.1. The molecule has 0 saturated carbocycles. The monoisotopic (exact) mass is 474 g/mol. The minimum absolute atomic E-state index is 0.0745. The number of nitrogens with one attached hydrogen (secondary N) is 1. The van der Waals surface area contributed by atoms with Crippen LogP contribution in [0.1, 0.15) is 28.6 Å². The maximum atomic E-state index is 12.8. The summed E-state index contributed by atoms with van der Waals surface area (Å²) in [5.74, 6) is -0.272. The molecular formula is C24H21F3N2O3S. The number of carboxylic acids is 1. The number of aliphatic carboxylic acids is 1. The molecule has 0 amide bonds. The van der Waals surface area contributed by atoms with Crippen molar-refractivity contribution in [2.24, 2.45) is 0 Å². The van der Waals surface area contributed by atoms with E-state index in [4.69, 9.17) is 9.84 Å². The topological polar surface area (TPSA) is 75.2 Å². The van der Waals surface area contributed by atoms with E-state index >= 15 is 0 Å². The summed E-state index contributed by atoms with van der Waals surface area (Å²) in [6.45, 7) is 2.38. The van der Waals surface area contributed by atoms with Gasteiger partial charge in [-0.15, -0.1) is 11.3 Å². The summed E-state index contributed by atoms with van der Waals surface area (Å²) in [4.78, 5) is 19.8. The molecule has 2 aromatic carbocycles. The van der Waals surface area contributed by atoms with Gasteiger partial charge in [-0.25, -0.2) is 4.98 Å². The molecule has 0 saturated heterocycles. The molecule has 9 heteroatoms. The van der Waals surface area contributed by atoms with Gasteiger partial charge in [-0.05, 0) is 42.3 Å². The first kappa shape index (κ1) is 22.8. The normalized spacial score (nSPS) is 11.8. The van der Waals surface area contributed by atoms with Gasteiger partial charge >= 0.3 is 12.1 Å². The molecule has 33 heavy (non-hydrogen) atoms. The summed E-state index contributed by atoms with van der Waals surface area (Å²) in [6, 6.07) is 10.5. The summed E-state index contributed by atoms with van der Waals surface area (Å²) < 4.78 is 44.3. The zero-order chi connectivity index (χ0) is 23.6. The maximum Gasteiger partial charge on any atom is 0.416 e. The van der Waals surface area contributed by atoms with Gasteiger partial charge in [-0.3, -0.25) is 4.79 Å². The number of aromatic amines is 1. The Balaban J connectivity index is 1.45. The number of fused-ring (bicyclic) bond motifs is 1. The molecule has 0 aliphatic heterocycles. The zero-order valence-corrected chi connectivity index (χ0v) is 18.5. The number of alkyl halides is 3. The highest BCUT2D eigenvalue weighted by molar-refractivity contribution is 7.15. The van der Waals surface area contributed by atoms with E-state index in [0.29, 0.717) is 34.9 Å². The Morgan fingerprint density at radius 2 is 1.94 bits per heavy atom. The van der Waals surface area contributed by atoms with Crippen molar-refractivity contribution in [1.82, 2.24) is 9.97 Å². The third-order valence-corrected chi connectivity index (χ3v) is 6.54. The molecule has 2 heterocycles. The van der Waals surface area contributed by atoms with Crippen LogP contribution in [0.3, 0.4) is 0 Å². The number of rotatable bonds is 8. The molecule has 0 bridgehead atoms. The van der Waals surface area contributed by atoms with Gasteiger partial charge < -0.3 is 14.8 Å². The van der Waals surface area contributed by atoms with E-state index < -0.39 is 17.7 Å². The molecule has 2 aromatic heterocycles. The van der Waals surface area contributed by atoms with E-state index in [1.54, 1.807) is 6.20 Å². The summed E-state index contributed by atoms with van der Waals surface area (Å²) in [6.07, 6.45) is -1.44. The Morgan fingerprint density at radius 3 is 2.61 bits per heavy atom. The lowest BCUT2D eigenvalue weighted by Crippen LogP contribution is -2.04. The first-order valence-electron chi connectivity index (χ1n) is 10.4. The Labute approximate surface area is 191 Å². The highest BCUT2D eigenvalue weighted by Gasteiger charge is 2.30. The third-order valence-electron chi connectivity index (χ3n) is 5.25. The van der Waals surface area contributed by atoms with Gasteiger partial charge in [0.2, 0.25) is 0 Å². The lowest BCUT2D eigenvalue weighted by Gasteiger charge is -2.07. The van der Waals surface area contributed by atoms with E-state index in [2.05, 4.69) is 9.97 Å². The van der Waals surface area contributed by atoms with Gasteiger partial charge in [-0.1, -0.05) is 19.1 Å². The molecule has 4 rings (SSSR count).